The summed E-state index contributed by atoms with van der Waals surface area (Å²) in [7, 11) is 0. The molecule has 0 radical (unpaired) electrons. The first-order valence-electron chi connectivity index (χ1n) is 8.94. The van der Waals surface area contributed by atoms with Gasteiger partial charge >= 0.3 is 0 Å². The van der Waals surface area contributed by atoms with Gasteiger partial charge in [-0.3, -0.25) is 9.20 Å². The van der Waals surface area contributed by atoms with Gasteiger partial charge in [0.25, 0.3) is 0 Å². The summed E-state index contributed by atoms with van der Waals surface area (Å²) in [6.45, 7) is 4.47. The Morgan fingerprint density at radius 2 is 2.15 bits per heavy atom. The molecule has 1 amide bonds. The van der Waals surface area contributed by atoms with Crippen LogP contribution >= 0.6 is 0 Å². The third-order valence-electron chi connectivity index (χ3n) is 4.84. The molecule has 0 unspecified atom stereocenters. The van der Waals surface area contributed by atoms with Gasteiger partial charge in [-0.1, -0.05) is 11.2 Å². The molecule has 0 aliphatic carbocycles. The average Bonchev–Trinajstić information content (AvgIpc) is 3.26. The molecule has 1 fully saturated rings. The number of hydrogen-bond acceptors (Lipinski definition) is 6. The van der Waals surface area contributed by atoms with Crippen molar-refractivity contribution in [3.8, 4) is 0 Å². The highest BCUT2D eigenvalue weighted by Crippen LogP contribution is 2.27. The molecule has 26 heavy (non-hydrogen) atoms. The summed E-state index contributed by atoms with van der Waals surface area (Å²) in [5.41, 5.74) is 0.893. The third kappa shape index (κ3) is 3.60. The van der Waals surface area contributed by atoms with Crippen molar-refractivity contribution in [1.29, 1.82) is 0 Å². The number of piperidine rings is 1. The lowest BCUT2D eigenvalue weighted by molar-refractivity contribution is -0.116. The van der Waals surface area contributed by atoms with Crippen LogP contribution in [0.15, 0.2) is 35.0 Å². The number of fused-ring (bicyclic) bond motifs is 1. The monoisotopic (exact) mass is 354 g/mol. The minimum Gasteiger partial charge on any atom is -0.360 e. The predicted octanol–water partition coefficient (Wildman–Crippen LogP) is 2.23. The number of rotatable bonds is 5. The maximum Gasteiger partial charge on any atom is 0.226 e. The zero-order chi connectivity index (χ0) is 17.9. The van der Waals surface area contributed by atoms with E-state index in [-0.39, 0.29) is 5.91 Å². The van der Waals surface area contributed by atoms with E-state index in [1.807, 2.05) is 24.4 Å². The number of carbonyl (C=O) groups excluding carboxylic acids is 1. The summed E-state index contributed by atoms with van der Waals surface area (Å²) < 4.78 is 7.03. The highest BCUT2D eigenvalue weighted by atomic mass is 16.5. The first-order valence-corrected chi connectivity index (χ1v) is 8.94. The van der Waals surface area contributed by atoms with Gasteiger partial charge in [0.1, 0.15) is 11.6 Å². The summed E-state index contributed by atoms with van der Waals surface area (Å²) in [5, 5.41) is 15.2. The molecule has 8 heteroatoms. The van der Waals surface area contributed by atoms with Gasteiger partial charge in [-0.05, 0) is 45.0 Å². The minimum absolute atomic E-state index is 0.0381. The van der Waals surface area contributed by atoms with Crippen LogP contribution < -0.4 is 5.32 Å². The summed E-state index contributed by atoms with van der Waals surface area (Å²) >= 11 is 0. The van der Waals surface area contributed by atoms with Crippen LogP contribution in [-0.4, -0.2) is 50.2 Å². The van der Waals surface area contributed by atoms with E-state index in [0.29, 0.717) is 23.9 Å². The standard InChI is InChI=1S/C18H22N6O2/c1-13-12-15(22-26-13)19-17(25)7-11-23-9-5-14(6-10-23)18-21-20-16-4-2-3-8-24(16)18/h2-4,8,12,14H,5-7,9-11H2,1H3,(H,19,22,25). The van der Waals surface area contributed by atoms with Crippen molar-refractivity contribution in [1.82, 2.24) is 24.7 Å². The van der Waals surface area contributed by atoms with Crippen LogP contribution in [-0.2, 0) is 4.79 Å². The first-order chi connectivity index (χ1) is 12.7. The maximum atomic E-state index is 12.0. The summed E-state index contributed by atoms with van der Waals surface area (Å²) in [6.07, 6.45) is 4.52. The summed E-state index contributed by atoms with van der Waals surface area (Å²) in [4.78, 5) is 14.3. The molecule has 0 saturated carbocycles. The number of aryl methyl sites for hydroxylation is 1. The van der Waals surface area contributed by atoms with E-state index in [1.54, 1.807) is 13.0 Å². The molecule has 4 rings (SSSR count). The molecular formula is C18H22N6O2. The van der Waals surface area contributed by atoms with E-state index in [0.717, 1.165) is 43.9 Å². The van der Waals surface area contributed by atoms with Crippen molar-refractivity contribution < 1.29 is 9.32 Å². The fourth-order valence-corrected chi connectivity index (χ4v) is 3.44. The van der Waals surface area contributed by atoms with Gasteiger partial charge in [-0.15, -0.1) is 10.2 Å². The highest BCUT2D eigenvalue weighted by molar-refractivity contribution is 5.89. The fraction of sp³-hybridized carbons (Fsp3) is 0.444. The van der Waals surface area contributed by atoms with Crippen LogP contribution in [0.25, 0.3) is 5.65 Å². The Morgan fingerprint density at radius 1 is 1.31 bits per heavy atom. The van der Waals surface area contributed by atoms with Crippen LogP contribution in [0.4, 0.5) is 5.82 Å². The van der Waals surface area contributed by atoms with E-state index in [9.17, 15) is 4.79 Å². The van der Waals surface area contributed by atoms with Crippen molar-refractivity contribution in [2.75, 3.05) is 25.0 Å². The second kappa shape index (κ2) is 7.25. The molecule has 3 aromatic rings. The first kappa shape index (κ1) is 16.7. The maximum absolute atomic E-state index is 12.0. The smallest absolute Gasteiger partial charge is 0.226 e. The van der Waals surface area contributed by atoms with E-state index in [1.165, 1.54) is 0 Å². The lowest BCUT2D eigenvalue weighted by Crippen LogP contribution is -2.35. The molecule has 3 aromatic heterocycles. The van der Waals surface area contributed by atoms with Crippen molar-refractivity contribution in [3.63, 3.8) is 0 Å². The van der Waals surface area contributed by atoms with Crippen molar-refractivity contribution >= 4 is 17.4 Å². The molecular weight excluding hydrogens is 332 g/mol. The second-order valence-corrected chi connectivity index (χ2v) is 6.72. The molecule has 1 saturated heterocycles. The quantitative estimate of drug-likeness (QED) is 0.756. The largest absolute Gasteiger partial charge is 0.360 e. The molecule has 0 aromatic carbocycles. The average molecular weight is 354 g/mol. The number of amides is 1. The molecule has 1 aliphatic rings. The van der Waals surface area contributed by atoms with Crippen molar-refractivity contribution in [2.45, 2.75) is 32.1 Å². The number of aromatic nitrogens is 4. The predicted molar refractivity (Wildman–Crippen MR) is 95.9 cm³/mol. The molecule has 4 heterocycles. The molecule has 0 bridgehead atoms. The van der Waals surface area contributed by atoms with Gasteiger partial charge in [0.15, 0.2) is 11.5 Å². The zero-order valence-electron chi connectivity index (χ0n) is 14.8. The third-order valence-corrected chi connectivity index (χ3v) is 4.84. The Balaban J connectivity index is 1.26. The Kier molecular flexibility index (Phi) is 4.66. The summed E-state index contributed by atoms with van der Waals surface area (Å²) in [5.74, 6) is 2.58. The van der Waals surface area contributed by atoms with Gasteiger partial charge in [-0.25, -0.2) is 0 Å². The Morgan fingerprint density at radius 3 is 2.92 bits per heavy atom. The highest BCUT2D eigenvalue weighted by Gasteiger charge is 2.24. The van der Waals surface area contributed by atoms with Crippen molar-refractivity contribution in [2.24, 2.45) is 0 Å². The number of nitrogens with zero attached hydrogens (tertiary/aromatic N) is 5. The van der Waals surface area contributed by atoms with Gasteiger partial charge in [0.05, 0.1) is 0 Å². The molecule has 8 nitrogen and oxygen atoms in total. The van der Waals surface area contributed by atoms with Gasteiger partial charge < -0.3 is 14.7 Å². The zero-order valence-corrected chi connectivity index (χ0v) is 14.8. The van der Waals surface area contributed by atoms with Gasteiger partial charge in [0, 0.05) is 31.1 Å². The normalized spacial score (nSPS) is 16.2. The number of carbonyl (C=O) groups is 1. The Hall–Kier alpha value is -2.74. The number of hydrogen-bond donors (Lipinski definition) is 1. The van der Waals surface area contributed by atoms with E-state index in [2.05, 4.69) is 30.0 Å². The van der Waals surface area contributed by atoms with Crippen LogP contribution in [0.5, 0.6) is 0 Å². The number of nitrogens with one attached hydrogen (secondary N) is 1. The minimum atomic E-state index is -0.0381. The van der Waals surface area contributed by atoms with Crippen LogP contribution in [0.1, 0.15) is 36.8 Å². The van der Waals surface area contributed by atoms with Crippen LogP contribution in [0, 0.1) is 6.92 Å². The SMILES string of the molecule is Cc1cc(NC(=O)CCN2CCC(c3nnc4ccccn34)CC2)no1. The second-order valence-electron chi connectivity index (χ2n) is 6.72. The van der Waals surface area contributed by atoms with E-state index < -0.39 is 0 Å². The van der Waals surface area contributed by atoms with Gasteiger partial charge in [0.2, 0.25) is 5.91 Å². The number of pyridine rings is 1. The fourth-order valence-electron chi connectivity index (χ4n) is 3.44. The molecule has 1 N–H and O–H groups in total. The van der Waals surface area contributed by atoms with Gasteiger partial charge in [-0.2, -0.15) is 0 Å². The lowest BCUT2D eigenvalue weighted by atomic mass is 9.96. The lowest BCUT2D eigenvalue weighted by Gasteiger charge is -2.30. The molecule has 136 valence electrons. The summed E-state index contributed by atoms with van der Waals surface area (Å²) in [6, 6.07) is 7.67. The number of anilines is 1. The molecule has 1 aliphatic heterocycles. The molecule has 0 spiro atoms. The topological polar surface area (TPSA) is 88.6 Å². The Bertz CT molecular complexity index is 894. The molecule has 0 atom stereocenters. The van der Waals surface area contributed by atoms with Crippen molar-refractivity contribution in [3.05, 3.63) is 42.0 Å². The Labute approximate surface area is 151 Å². The number of likely N-dealkylation sites (tertiary alicyclic amines) is 1. The van der Waals surface area contributed by atoms with E-state index >= 15 is 0 Å². The van der Waals surface area contributed by atoms with Crippen LogP contribution in [0.3, 0.4) is 0 Å². The van der Waals surface area contributed by atoms with Crippen LogP contribution in [0.2, 0.25) is 0 Å². The van der Waals surface area contributed by atoms with E-state index in [4.69, 9.17) is 4.52 Å².